The first-order chi connectivity index (χ1) is 6.99. The second kappa shape index (κ2) is 7.82. The minimum absolute atomic E-state index is 0.111. The summed E-state index contributed by atoms with van der Waals surface area (Å²) in [6, 6.07) is 0. The molecule has 0 aliphatic rings. The number of carbonyl (C=O) groups excluding carboxylic acids is 1. The van der Waals surface area contributed by atoms with Crippen LogP contribution in [0.15, 0.2) is 0 Å². The van der Waals surface area contributed by atoms with Crippen LogP contribution >= 0.6 is 0 Å². The smallest absolute Gasteiger partial charge is 0.309 e. The third-order valence-corrected chi connectivity index (χ3v) is 3.44. The SMILES string of the molecule is CCOC(=O)C(C)CNCC(C)S(C)=O. The van der Waals surface area contributed by atoms with Gasteiger partial charge in [-0.3, -0.25) is 9.00 Å². The molecule has 3 unspecified atom stereocenters. The molecule has 0 amide bonds. The third kappa shape index (κ3) is 6.62. The molecule has 15 heavy (non-hydrogen) atoms. The highest BCUT2D eigenvalue weighted by Crippen LogP contribution is 1.97. The van der Waals surface area contributed by atoms with E-state index in [0.717, 1.165) is 0 Å². The summed E-state index contributed by atoms with van der Waals surface area (Å²) in [5.74, 6) is -0.335. The first kappa shape index (κ1) is 14.6. The van der Waals surface area contributed by atoms with Crippen LogP contribution in [0.25, 0.3) is 0 Å². The fraction of sp³-hybridized carbons (Fsp3) is 0.900. The normalized spacial score (nSPS) is 16.8. The lowest BCUT2D eigenvalue weighted by atomic mass is 10.2. The van der Waals surface area contributed by atoms with Crippen LogP contribution in [0.1, 0.15) is 20.8 Å². The number of carbonyl (C=O) groups is 1. The van der Waals surface area contributed by atoms with Gasteiger partial charge in [-0.05, 0) is 13.8 Å². The fourth-order valence-electron chi connectivity index (χ4n) is 0.988. The molecule has 5 heteroatoms. The molecule has 0 radical (unpaired) electrons. The number of hydrogen-bond acceptors (Lipinski definition) is 4. The molecule has 0 heterocycles. The largest absolute Gasteiger partial charge is 0.466 e. The van der Waals surface area contributed by atoms with Crippen molar-refractivity contribution in [3.63, 3.8) is 0 Å². The van der Waals surface area contributed by atoms with E-state index < -0.39 is 10.8 Å². The zero-order chi connectivity index (χ0) is 11.8. The van der Waals surface area contributed by atoms with E-state index in [4.69, 9.17) is 4.74 Å². The fourth-order valence-corrected chi connectivity index (χ4v) is 1.34. The number of esters is 1. The molecule has 4 nitrogen and oxygen atoms in total. The summed E-state index contributed by atoms with van der Waals surface area (Å²) < 4.78 is 15.9. The molecule has 0 aromatic heterocycles. The van der Waals surface area contributed by atoms with Crippen molar-refractivity contribution in [1.82, 2.24) is 5.32 Å². The number of nitrogens with one attached hydrogen (secondary N) is 1. The quantitative estimate of drug-likeness (QED) is 0.654. The van der Waals surface area contributed by atoms with Crippen molar-refractivity contribution in [3.05, 3.63) is 0 Å². The van der Waals surface area contributed by atoms with Crippen molar-refractivity contribution in [1.29, 1.82) is 0 Å². The molecule has 0 aliphatic carbocycles. The average molecular weight is 235 g/mol. The van der Waals surface area contributed by atoms with Crippen molar-refractivity contribution in [2.75, 3.05) is 26.0 Å². The van der Waals surface area contributed by atoms with Gasteiger partial charge in [0.05, 0.1) is 12.5 Å². The molecule has 90 valence electrons. The van der Waals surface area contributed by atoms with Crippen LogP contribution in [0.4, 0.5) is 0 Å². The van der Waals surface area contributed by atoms with E-state index >= 15 is 0 Å². The Hall–Kier alpha value is -0.420. The number of ether oxygens (including phenoxy) is 1. The molecule has 1 N–H and O–H groups in total. The van der Waals surface area contributed by atoms with Crippen molar-refractivity contribution in [2.24, 2.45) is 5.92 Å². The van der Waals surface area contributed by atoms with E-state index in [1.165, 1.54) is 0 Å². The van der Waals surface area contributed by atoms with Gasteiger partial charge in [0.25, 0.3) is 0 Å². The van der Waals surface area contributed by atoms with Gasteiger partial charge in [0.1, 0.15) is 0 Å². The minimum Gasteiger partial charge on any atom is -0.466 e. The first-order valence-electron chi connectivity index (χ1n) is 5.18. The summed E-state index contributed by atoms with van der Waals surface area (Å²) in [6.07, 6.45) is 1.68. The molecule has 0 saturated carbocycles. The van der Waals surface area contributed by atoms with E-state index in [9.17, 15) is 9.00 Å². The van der Waals surface area contributed by atoms with E-state index in [0.29, 0.717) is 19.7 Å². The maximum Gasteiger partial charge on any atom is 0.309 e. The van der Waals surface area contributed by atoms with Crippen LogP contribution in [0.3, 0.4) is 0 Å². The van der Waals surface area contributed by atoms with E-state index in [1.807, 2.05) is 13.8 Å². The highest BCUT2D eigenvalue weighted by Gasteiger charge is 2.14. The van der Waals surface area contributed by atoms with Gasteiger partial charge in [-0.15, -0.1) is 0 Å². The summed E-state index contributed by atoms with van der Waals surface area (Å²) in [6.45, 7) is 7.17. The molecular formula is C10H21NO3S. The Labute approximate surface area is 94.2 Å². The highest BCUT2D eigenvalue weighted by molar-refractivity contribution is 7.84. The van der Waals surface area contributed by atoms with Gasteiger partial charge in [0.2, 0.25) is 0 Å². The predicted octanol–water partition coefficient (Wildman–Crippen LogP) is 0.542. The lowest BCUT2D eigenvalue weighted by molar-refractivity contribution is -0.147. The second-order valence-corrected chi connectivity index (χ2v) is 5.42. The van der Waals surface area contributed by atoms with Gasteiger partial charge < -0.3 is 10.1 Å². The molecule has 0 rings (SSSR count). The van der Waals surface area contributed by atoms with Crippen LogP contribution in [0, 0.1) is 5.92 Å². The minimum atomic E-state index is -0.818. The third-order valence-electron chi connectivity index (χ3n) is 2.14. The predicted molar refractivity (Wildman–Crippen MR) is 62.2 cm³/mol. The second-order valence-electron chi connectivity index (χ2n) is 3.62. The Morgan fingerprint density at radius 3 is 2.47 bits per heavy atom. The summed E-state index contributed by atoms with van der Waals surface area (Å²) >= 11 is 0. The molecule has 0 fully saturated rings. The van der Waals surface area contributed by atoms with Gasteiger partial charge in [0.15, 0.2) is 0 Å². The first-order valence-corrected chi connectivity index (χ1v) is 6.80. The lowest BCUT2D eigenvalue weighted by Gasteiger charge is -2.13. The maximum atomic E-state index is 11.2. The van der Waals surface area contributed by atoms with Gasteiger partial charge >= 0.3 is 5.97 Å². The lowest BCUT2D eigenvalue weighted by Crippen LogP contribution is -2.33. The van der Waals surface area contributed by atoms with Crippen molar-refractivity contribution < 1.29 is 13.7 Å². The van der Waals surface area contributed by atoms with Crippen molar-refractivity contribution in [2.45, 2.75) is 26.0 Å². The Kier molecular flexibility index (Phi) is 7.60. The van der Waals surface area contributed by atoms with Crippen LogP contribution in [0.5, 0.6) is 0 Å². The Bertz CT molecular complexity index is 221. The molecule has 0 saturated heterocycles. The van der Waals surface area contributed by atoms with Crippen LogP contribution < -0.4 is 5.32 Å². The zero-order valence-electron chi connectivity index (χ0n) is 9.91. The zero-order valence-corrected chi connectivity index (χ0v) is 10.7. The highest BCUT2D eigenvalue weighted by atomic mass is 32.2. The maximum absolute atomic E-state index is 11.2. The molecule has 0 spiro atoms. The Balaban J connectivity index is 3.67. The number of rotatable bonds is 7. The molecule has 3 atom stereocenters. The van der Waals surface area contributed by atoms with E-state index in [2.05, 4.69) is 5.32 Å². The molecule has 0 bridgehead atoms. The molecule has 0 aliphatic heterocycles. The summed E-state index contributed by atoms with van der Waals surface area (Å²) in [5, 5.41) is 3.22. The van der Waals surface area contributed by atoms with Crippen LogP contribution in [-0.4, -0.2) is 41.4 Å². The standard InChI is InChI=1S/C10H21NO3S/c1-5-14-10(12)8(2)6-11-7-9(3)15(4)13/h8-9,11H,5-7H2,1-4H3. The van der Waals surface area contributed by atoms with Gasteiger partial charge in [-0.1, -0.05) is 6.92 Å². The average Bonchev–Trinajstić information content (AvgIpc) is 2.17. The van der Waals surface area contributed by atoms with Crippen LogP contribution in [-0.2, 0) is 20.3 Å². The van der Waals surface area contributed by atoms with Gasteiger partial charge in [-0.2, -0.15) is 0 Å². The molecule has 0 aromatic carbocycles. The molecule has 0 aromatic rings. The van der Waals surface area contributed by atoms with Crippen LogP contribution in [0.2, 0.25) is 0 Å². The summed E-state index contributed by atoms with van der Waals surface area (Å²) in [7, 11) is -0.818. The van der Waals surface area contributed by atoms with Crippen molar-refractivity contribution in [3.8, 4) is 0 Å². The van der Waals surface area contributed by atoms with Crippen molar-refractivity contribution >= 4 is 16.8 Å². The van der Waals surface area contributed by atoms with Gasteiger partial charge in [0, 0.05) is 35.4 Å². The topological polar surface area (TPSA) is 55.4 Å². The Morgan fingerprint density at radius 1 is 1.40 bits per heavy atom. The monoisotopic (exact) mass is 235 g/mol. The molecular weight excluding hydrogens is 214 g/mol. The Morgan fingerprint density at radius 2 is 2.00 bits per heavy atom. The summed E-state index contributed by atoms with van der Waals surface area (Å²) in [4.78, 5) is 11.2. The summed E-state index contributed by atoms with van der Waals surface area (Å²) in [5.41, 5.74) is 0. The van der Waals surface area contributed by atoms with Gasteiger partial charge in [-0.25, -0.2) is 0 Å². The van der Waals surface area contributed by atoms with E-state index in [1.54, 1.807) is 13.2 Å². The number of hydrogen-bond donors (Lipinski definition) is 1. The van der Waals surface area contributed by atoms with E-state index in [-0.39, 0.29) is 17.1 Å².